The van der Waals surface area contributed by atoms with E-state index in [1.165, 1.54) is 0 Å². The number of primary amides is 1. The van der Waals surface area contributed by atoms with Gasteiger partial charge in [0.15, 0.2) is 0 Å². The monoisotopic (exact) mass is 187 g/mol. The molecule has 1 aliphatic carbocycles. The van der Waals surface area contributed by atoms with E-state index in [2.05, 4.69) is 0 Å². The fourth-order valence-electron chi connectivity index (χ4n) is 1.86. The molecule has 1 rings (SSSR count). The summed E-state index contributed by atoms with van der Waals surface area (Å²) in [4.78, 5) is 10.7. The van der Waals surface area contributed by atoms with Gasteiger partial charge in [-0.3, -0.25) is 0 Å². The van der Waals surface area contributed by atoms with Gasteiger partial charge in [0.1, 0.15) is 5.60 Å². The van der Waals surface area contributed by atoms with Crippen molar-refractivity contribution in [2.24, 2.45) is 11.1 Å². The highest BCUT2D eigenvalue weighted by molar-refractivity contribution is 5.65. The van der Waals surface area contributed by atoms with Crippen LogP contribution in [-0.2, 0) is 4.74 Å². The van der Waals surface area contributed by atoms with E-state index in [1.54, 1.807) is 0 Å². The minimum atomic E-state index is -0.811. The summed E-state index contributed by atoms with van der Waals surface area (Å²) in [5.74, 6) is 0. The number of hydrogen-bond acceptors (Lipinski definition) is 3. The Hall–Kier alpha value is -0.770. The SMILES string of the molecule is CC(C)(C)C1(OC(N)=O)CCC1O. The van der Waals surface area contributed by atoms with E-state index in [4.69, 9.17) is 10.5 Å². The zero-order valence-electron chi connectivity index (χ0n) is 8.33. The molecule has 1 fully saturated rings. The second-order valence-corrected chi connectivity index (χ2v) is 4.62. The number of carbonyl (C=O) groups is 1. The molecule has 0 spiro atoms. The molecule has 0 aromatic rings. The van der Waals surface area contributed by atoms with Gasteiger partial charge in [0.2, 0.25) is 0 Å². The third kappa shape index (κ3) is 1.50. The molecule has 0 heterocycles. The molecule has 4 nitrogen and oxygen atoms in total. The second kappa shape index (κ2) is 2.87. The molecular weight excluding hydrogens is 170 g/mol. The van der Waals surface area contributed by atoms with Gasteiger partial charge in [0.25, 0.3) is 0 Å². The molecule has 2 unspecified atom stereocenters. The quantitative estimate of drug-likeness (QED) is 0.643. The van der Waals surface area contributed by atoms with Crippen LogP contribution >= 0.6 is 0 Å². The van der Waals surface area contributed by atoms with E-state index >= 15 is 0 Å². The van der Waals surface area contributed by atoms with Crippen LogP contribution in [0.1, 0.15) is 33.6 Å². The molecule has 4 heteroatoms. The Morgan fingerprint density at radius 1 is 1.62 bits per heavy atom. The summed E-state index contributed by atoms with van der Waals surface area (Å²) in [7, 11) is 0. The van der Waals surface area contributed by atoms with Crippen molar-refractivity contribution in [3.05, 3.63) is 0 Å². The molecule has 2 atom stereocenters. The second-order valence-electron chi connectivity index (χ2n) is 4.62. The van der Waals surface area contributed by atoms with Crippen LogP contribution in [0.5, 0.6) is 0 Å². The molecule has 0 aliphatic heterocycles. The summed E-state index contributed by atoms with van der Waals surface area (Å²) in [6.45, 7) is 5.79. The maximum Gasteiger partial charge on any atom is 0.405 e. The Balaban J connectivity index is 2.83. The highest BCUT2D eigenvalue weighted by Gasteiger charge is 2.57. The van der Waals surface area contributed by atoms with Crippen molar-refractivity contribution in [3.63, 3.8) is 0 Å². The van der Waals surface area contributed by atoms with Crippen LogP contribution < -0.4 is 5.73 Å². The summed E-state index contributed by atoms with van der Waals surface area (Å²) in [6.07, 6.45) is -0.0424. The number of aliphatic hydroxyl groups is 1. The van der Waals surface area contributed by atoms with Gasteiger partial charge in [-0.2, -0.15) is 0 Å². The lowest BCUT2D eigenvalue weighted by Gasteiger charge is -2.53. The topological polar surface area (TPSA) is 72.5 Å². The highest BCUT2D eigenvalue weighted by atomic mass is 16.6. The van der Waals surface area contributed by atoms with Crippen LogP contribution in [0.4, 0.5) is 4.79 Å². The molecule has 13 heavy (non-hydrogen) atoms. The first kappa shape index (κ1) is 10.3. The Labute approximate surface area is 78.1 Å². The standard InChI is InChI=1S/C9H17NO3/c1-8(2,3)9(13-7(10)12)5-4-6(9)11/h6,11H,4-5H2,1-3H3,(H2,10,12). The first-order chi connectivity index (χ1) is 5.79. The van der Waals surface area contributed by atoms with E-state index in [9.17, 15) is 9.90 Å². The number of hydrogen-bond donors (Lipinski definition) is 2. The van der Waals surface area contributed by atoms with E-state index in [0.29, 0.717) is 12.8 Å². The first-order valence-corrected chi connectivity index (χ1v) is 4.46. The molecule has 76 valence electrons. The van der Waals surface area contributed by atoms with E-state index in [-0.39, 0.29) is 5.41 Å². The largest absolute Gasteiger partial charge is 0.440 e. The van der Waals surface area contributed by atoms with Gasteiger partial charge in [0.05, 0.1) is 6.10 Å². The Kier molecular flexibility index (Phi) is 2.28. The minimum absolute atomic E-state index is 0.278. The average Bonchev–Trinajstić information content (AvgIpc) is 1.94. The van der Waals surface area contributed by atoms with Gasteiger partial charge in [0, 0.05) is 5.41 Å². The summed E-state index contributed by atoms with van der Waals surface area (Å²) in [5, 5.41) is 9.61. The molecule has 0 radical (unpaired) electrons. The van der Waals surface area contributed by atoms with Crippen LogP contribution in [0.25, 0.3) is 0 Å². The summed E-state index contributed by atoms with van der Waals surface area (Å²) in [5.41, 5.74) is 3.92. The Bertz CT molecular complexity index is 221. The molecule has 1 aliphatic rings. The minimum Gasteiger partial charge on any atom is -0.440 e. The maximum atomic E-state index is 10.7. The zero-order chi connectivity index (χ0) is 10.3. The predicted molar refractivity (Wildman–Crippen MR) is 48.1 cm³/mol. The Morgan fingerprint density at radius 3 is 2.23 bits per heavy atom. The van der Waals surface area contributed by atoms with Crippen LogP contribution in [0.15, 0.2) is 0 Å². The van der Waals surface area contributed by atoms with Gasteiger partial charge in [-0.25, -0.2) is 4.79 Å². The molecule has 0 aromatic carbocycles. The van der Waals surface area contributed by atoms with Crippen LogP contribution in [0.2, 0.25) is 0 Å². The fraction of sp³-hybridized carbons (Fsp3) is 0.889. The smallest absolute Gasteiger partial charge is 0.405 e. The van der Waals surface area contributed by atoms with E-state index < -0.39 is 17.8 Å². The zero-order valence-corrected chi connectivity index (χ0v) is 8.33. The number of nitrogens with two attached hydrogens (primary N) is 1. The van der Waals surface area contributed by atoms with Crippen LogP contribution in [0, 0.1) is 5.41 Å². The van der Waals surface area contributed by atoms with Crippen molar-refractivity contribution in [1.82, 2.24) is 0 Å². The van der Waals surface area contributed by atoms with Crippen molar-refractivity contribution in [2.75, 3.05) is 0 Å². The molecule has 1 saturated carbocycles. The predicted octanol–water partition coefficient (Wildman–Crippen LogP) is 1.02. The maximum absolute atomic E-state index is 10.7. The average molecular weight is 187 g/mol. The number of amides is 1. The van der Waals surface area contributed by atoms with E-state index in [0.717, 1.165) is 0 Å². The van der Waals surface area contributed by atoms with Crippen LogP contribution in [0.3, 0.4) is 0 Å². The lowest BCUT2D eigenvalue weighted by molar-refractivity contribution is -0.199. The van der Waals surface area contributed by atoms with Gasteiger partial charge in [-0.1, -0.05) is 20.8 Å². The summed E-state index contributed by atoms with van der Waals surface area (Å²) in [6, 6.07) is 0. The summed E-state index contributed by atoms with van der Waals surface area (Å²) < 4.78 is 5.04. The fourth-order valence-corrected chi connectivity index (χ4v) is 1.86. The van der Waals surface area contributed by atoms with Gasteiger partial charge >= 0.3 is 6.09 Å². The molecule has 1 amide bonds. The molecule has 0 bridgehead atoms. The van der Waals surface area contributed by atoms with E-state index in [1.807, 2.05) is 20.8 Å². The van der Waals surface area contributed by atoms with Gasteiger partial charge in [-0.05, 0) is 12.8 Å². The molecule has 3 N–H and O–H groups in total. The highest BCUT2D eigenvalue weighted by Crippen LogP contribution is 2.48. The lowest BCUT2D eigenvalue weighted by atomic mass is 9.62. The van der Waals surface area contributed by atoms with Crippen molar-refractivity contribution in [1.29, 1.82) is 0 Å². The van der Waals surface area contributed by atoms with Gasteiger partial charge in [-0.15, -0.1) is 0 Å². The van der Waals surface area contributed by atoms with Gasteiger partial charge < -0.3 is 15.6 Å². The number of aliphatic hydroxyl groups excluding tert-OH is 1. The number of ether oxygens (including phenoxy) is 1. The Morgan fingerprint density at radius 2 is 2.15 bits per heavy atom. The summed E-state index contributed by atoms with van der Waals surface area (Å²) >= 11 is 0. The van der Waals surface area contributed by atoms with Crippen molar-refractivity contribution in [2.45, 2.75) is 45.3 Å². The number of rotatable bonds is 1. The van der Waals surface area contributed by atoms with Crippen LogP contribution in [-0.4, -0.2) is 22.9 Å². The third-order valence-corrected chi connectivity index (χ3v) is 2.88. The normalized spacial score (nSPS) is 33.7. The number of carbonyl (C=O) groups excluding carboxylic acids is 1. The van der Waals surface area contributed by atoms with Crippen molar-refractivity contribution >= 4 is 6.09 Å². The lowest BCUT2D eigenvalue weighted by Crippen LogP contribution is -2.62. The van der Waals surface area contributed by atoms with Crippen molar-refractivity contribution < 1.29 is 14.6 Å². The van der Waals surface area contributed by atoms with Crippen molar-refractivity contribution in [3.8, 4) is 0 Å². The third-order valence-electron chi connectivity index (χ3n) is 2.88. The molecule has 0 aromatic heterocycles. The molecular formula is C9H17NO3. The first-order valence-electron chi connectivity index (χ1n) is 4.46. The molecule has 0 saturated heterocycles.